The zero-order valence-electron chi connectivity index (χ0n) is 17.0. The Bertz CT molecular complexity index is 1030. The van der Waals surface area contributed by atoms with E-state index in [1.54, 1.807) is 12.1 Å². The molecule has 0 bridgehead atoms. The molecule has 0 aromatic heterocycles. The summed E-state index contributed by atoms with van der Waals surface area (Å²) in [6, 6.07) is 20.8. The summed E-state index contributed by atoms with van der Waals surface area (Å²) in [5.74, 6) is -0.244. The molecular weight excluding hydrogens is 360 g/mol. The lowest BCUT2D eigenvalue weighted by atomic mass is 9.86. The lowest BCUT2D eigenvalue weighted by Gasteiger charge is -2.19. The van der Waals surface area contributed by atoms with Crippen LogP contribution >= 0.6 is 0 Å². The summed E-state index contributed by atoms with van der Waals surface area (Å²) >= 11 is 0. The first-order valence-corrected chi connectivity index (χ1v) is 9.62. The fourth-order valence-corrected chi connectivity index (χ4v) is 3.15. The number of hydrogen-bond acceptors (Lipinski definition) is 3. The summed E-state index contributed by atoms with van der Waals surface area (Å²) < 4.78 is 0. The molecule has 0 unspecified atom stereocenters. The molecule has 3 N–H and O–H groups in total. The normalized spacial score (nSPS) is 11.2. The Hall–Kier alpha value is -3.24. The minimum Gasteiger partial charge on any atom is -0.326 e. The Labute approximate surface area is 171 Å². The predicted octanol–water partition coefficient (Wildman–Crippen LogP) is 5.17. The molecule has 3 rings (SSSR count). The molecule has 0 aliphatic rings. The van der Waals surface area contributed by atoms with Gasteiger partial charge in [0.15, 0.2) is 6.29 Å². The summed E-state index contributed by atoms with van der Waals surface area (Å²) in [7, 11) is 0. The summed E-state index contributed by atoms with van der Waals surface area (Å²) in [6.45, 7) is 6.84. The number of hydrogen-bond donors (Lipinski definition) is 2. The highest BCUT2D eigenvalue weighted by molar-refractivity contribution is 6.06. The van der Waals surface area contributed by atoms with Crippen molar-refractivity contribution in [3.63, 3.8) is 0 Å². The van der Waals surface area contributed by atoms with Crippen molar-refractivity contribution < 1.29 is 9.59 Å². The molecule has 0 heterocycles. The van der Waals surface area contributed by atoms with Gasteiger partial charge < -0.3 is 11.1 Å². The van der Waals surface area contributed by atoms with Gasteiger partial charge in [-0.2, -0.15) is 0 Å². The first-order chi connectivity index (χ1) is 13.8. The molecule has 0 radical (unpaired) electrons. The summed E-state index contributed by atoms with van der Waals surface area (Å²) in [4.78, 5) is 24.3. The number of carbonyl (C=O) groups is 2. The molecule has 0 saturated heterocycles. The van der Waals surface area contributed by atoms with Crippen molar-refractivity contribution in [2.75, 3.05) is 5.32 Å². The predicted molar refractivity (Wildman–Crippen MR) is 118 cm³/mol. The average Bonchev–Trinajstić information content (AvgIpc) is 2.73. The van der Waals surface area contributed by atoms with Gasteiger partial charge in [-0.3, -0.25) is 9.59 Å². The summed E-state index contributed by atoms with van der Waals surface area (Å²) in [5.41, 5.74) is 11.3. The van der Waals surface area contributed by atoms with Gasteiger partial charge in [0.2, 0.25) is 0 Å². The van der Waals surface area contributed by atoms with Crippen LogP contribution in [0, 0.1) is 0 Å². The zero-order chi connectivity index (χ0) is 21.0. The van der Waals surface area contributed by atoms with Crippen molar-refractivity contribution in [1.29, 1.82) is 0 Å². The van der Waals surface area contributed by atoms with Crippen LogP contribution in [0.15, 0.2) is 66.7 Å². The van der Waals surface area contributed by atoms with Crippen LogP contribution in [0.5, 0.6) is 0 Å². The van der Waals surface area contributed by atoms with Crippen molar-refractivity contribution in [1.82, 2.24) is 0 Å². The smallest absolute Gasteiger partial charge is 0.255 e. The zero-order valence-corrected chi connectivity index (χ0v) is 17.0. The first-order valence-electron chi connectivity index (χ1n) is 9.62. The summed E-state index contributed by atoms with van der Waals surface area (Å²) in [5, 5.41) is 2.85. The number of amides is 1. The molecule has 0 saturated carbocycles. The minimum atomic E-state index is -0.244. The largest absolute Gasteiger partial charge is 0.326 e. The van der Waals surface area contributed by atoms with Gasteiger partial charge in [0.25, 0.3) is 5.91 Å². The van der Waals surface area contributed by atoms with Crippen molar-refractivity contribution in [2.45, 2.75) is 32.7 Å². The highest BCUT2D eigenvalue weighted by Crippen LogP contribution is 2.26. The van der Waals surface area contributed by atoms with E-state index in [1.165, 1.54) is 0 Å². The monoisotopic (exact) mass is 386 g/mol. The third-order valence-electron chi connectivity index (χ3n) is 4.94. The van der Waals surface area contributed by atoms with Crippen LogP contribution in [-0.4, -0.2) is 12.2 Å². The highest BCUT2D eigenvalue weighted by atomic mass is 16.1. The van der Waals surface area contributed by atoms with Gasteiger partial charge in [0.05, 0.1) is 5.69 Å². The second-order valence-electron chi connectivity index (χ2n) is 8.11. The van der Waals surface area contributed by atoms with Crippen LogP contribution < -0.4 is 11.1 Å². The van der Waals surface area contributed by atoms with Gasteiger partial charge in [0.1, 0.15) is 0 Å². The summed E-state index contributed by atoms with van der Waals surface area (Å²) in [6.07, 6.45) is 0.759. The van der Waals surface area contributed by atoms with E-state index in [2.05, 4.69) is 26.1 Å². The third kappa shape index (κ3) is 4.79. The fourth-order valence-electron chi connectivity index (χ4n) is 3.15. The van der Waals surface area contributed by atoms with E-state index in [4.69, 9.17) is 5.73 Å². The van der Waals surface area contributed by atoms with Crippen LogP contribution in [0.4, 0.5) is 5.69 Å². The topological polar surface area (TPSA) is 72.2 Å². The number of nitrogens with two attached hydrogens (primary N) is 1. The SMILES string of the molecule is CC(C)(C)c1ccc(C(=O)Nc2ccc(-c3cccc(CN)c3)cc2C=O)cc1. The van der Waals surface area contributed by atoms with Crippen LogP contribution in [-0.2, 0) is 12.0 Å². The lowest BCUT2D eigenvalue weighted by molar-refractivity contribution is 0.102. The van der Waals surface area contributed by atoms with E-state index in [-0.39, 0.29) is 11.3 Å². The maximum Gasteiger partial charge on any atom is 0.255 e. The quantitative estimate of drug-likeness (QED) is 0.594. The van der Waals surface area contributed by atoms with Crippen molar-refractivity contribution in [3.8, 4) is 11.1 Å². The molecule has 0 spiro atoms. The van der Waals surface area contributed by atoms with E-state index < -0.39 is 0 Å². The Morgan fingerprint density at radius 3 is 2.28 bits per heavy atom. The third-order valence-corrected chi connectivity index (χ3v) is 4.94. The lowest BCUT2D eigenvalue weighted by Crippen LogP contribution is -2.15. The molecule has 4 nitrogen and oxygen atoms in total. The second kappa shape index (κ2) is 8.41. The van der Waals surface area contributed by atoms with Crippen LogP contribution in [0.1, 0.15) is 52.6 Å². The Balaban J connectivity index is 1.83. The van der Waals surface area contributed by atoms with Crippen molar-refractivity contribution in [2.24, 2.45) is 5.73 Å². The second-order valence-corrected chi connectivity index (χ2v) is 8.11. The maximum atomic E-state index is 12.6. The Morgan fingerprint density at radius 1 is 0.966 bits per heavy atom. The molecule has 29 heavy (non-hydrogen) atoms. The molecule has 148 valence electrons. The van der Waals surface area contributed by atoms with Gasteiger partial charge in [-0.25, -0.2) is 0 Å². The number of aldehydes is 1. The number of rotatable bonds is 5. The van der Waals surface area contributed by atoms with Crippen LogP contribution in [0.2, 0.25) is 0 Å². The molecule has 3 aromatic carbocycles. The van der Waals surface area contributed by atoms with Crippen LogP contribution in [0.3, 0.4) is 0 Å². The van der Waals surface area contributed by atoms with Gasteiger partial charge >= 0.3 is 0 Å². The molecule has 0 atom stereocenters. The fraction of sp³-hybridized carbons (Fsp3) is 0.200. The Morgan fingerprint density at radius 2 is 1.66 bits per heavy atom. The number of anilines is 1. The van der Waals surface area contributed by atoms with Gasteiger partial charge in [-0.1, -0.05) is 57.2 Å². The van der Waals surface area contributed by atoms with E-state index >= 15 is 0 Å². The standard InChI is InChI=1S/C25H26N2O2/c1-25(2,3)22-10-7-18(8-11-22)24(29)27-23-12-9-20(14-21(23)16-28)19-6-4-5-17(13-19)15-26/h4-14,16H,15,26H2,1-3H3,(H,27,29). The van der Waals surface area contributed by atoms with E-state index in [9.17, 15) is 9.59 Å². The Kier molecular flexibility index (Phi) is 5.95. The van der Waals surface area contributed by atoms with Crippen molar-refractivity contribution >= 4 is 17.9 Å². The molecule has 0 fully saturated rings. The van der Waals surface area contributed by atoms with Gasteiger partial charge in [-0.05, 0) is 58.0 Å². The molecule has 1 amide bonds. The minimum absolute atomic E-state index is 0.0245. The number of benzene rings is 3. The number of carbonyl (C=O) groups excluding carboxylic acids is 2. The molecule has 4 heteroatoms. The number of nitrogens with one attached hydrogen (secondary N) is 1. The van der Waals surface area contributed by atoms with Crippen molar-refractivity contribution in [3.05, 3.63) is 89.0 Å². The van der Waals surface area contributed by atoms with E-state index in [0.29, 0.717) is 23.4 Å². The van der Waals surface area contributed by atoms with E-state index in [1.807, 2.05) is 54.6 Å². The van der Waals surface area contributed by atoms with Gasteiger partial charge in [0, 0.05) is 17.7 Å². The van der Waals surface area contributed by atoms with E-state index in [0.717, 1.165) is 28.5 Å². The highest BCUT2D eigenvalue weighted by Gasteiger charge is 2.15. The van der Waals surface area contributed by atoms with Gasteiger partial charge in [-0.15, -0.1) is 0 Å². The average molecular weight is 386 g/mol. The molecular formula is C25H26N2O2. The molecule has 0 aliphatic heterocycles. The molecule has 3 aromatic rings. The molecule has 0 aliphatic carbocycles. The van der Waals surface area contributed by atoms with Crippen LogP contribution in [0.25, 0.3) is 11.1 Å². The maximum absolute atomic E-state index is 12.6. The first kappa shape index (κ1) is 20.5.